The van der Waals surface area contributed by atoms with E-state index in [4.69, 9.17) is 4.74 Å². The highest BCUT2D eigenvalue weighted by Crippen LogP contribution is 2.26. The molecule has 0 aliphatic carbocycles. The molecule has 0 N–H and O–H groups in total. The van der Waals surface area contributed by atoms with Crippen LogP contribution in [0.5, 0.6) is 5.75 Å². The summed E-state index contributed by atoms with van der Waals surface area (Å²) in [6.45, 7) is 5.45. The summed E-state index contributed by atoms with van der Waals surface area (Å²) in [7, 11) is 1.67. The number of benzene rings is 1. The van der Waals surface area contributed by atoms with Gasteiger partial charge in [-0.2, -0.15) is 0 Å². The van der Waals surface area contributed by atoms with E-state index in [9.17, 15) is 4.79 Å². The van der Waals surface area contributed by atoms with Gasteiger partial charge in [0.15, 0.2) is 0 Å². The third-order valence-corrected chi connectivity index (χ3v) is 4.35. The molecule has 0 radical (unpaired) electrons. The average molecular weight is 325 g/mol. The van der Waals surface area contributed by atoms with Crippen LogP contribution in [0.15, 0.2) is 42.9 Å². The van der Waals surface area contributed by atoms with E-state index in [1.165, 1.54) is 5.57 Å². The molecule has 1 aliphatic rings. The van der Waals surface area contributed by atoms with Crippen molar-refractivity contribution < 1.29 is 9.53 Å². The molecule has 0 spiro atoms. The molecule has 0 fully saturated rings. The quantitative estimate of drug-likeness (QED) is 0.865. The standard InChI is InChI=1S/C19H23N3O2/c1-14(2)22-12-18(20-13-22)19(23)21-9-7-15(8-10-21)16-5-4-6-17(11-16)24-3/h4-7,11-14H,8-10H2,1-3H3. The minimum atomic E-state index is -0.00431. The molecule has 2 heterocycles. The SMILES string of the molecule is COc1cccc(C2=CCN(C(=O)c3cn(C(C)C)cn3)CC2)c1. The van der Waals surface area contributed by atoms with Gasteiger partial charge in [0, 0.05) is 25.3 Å². The van der Waals surface area contributed by atoms with Crippen molar-refractivity contribution in [2.45, 2.75) is 26.3 Å². The van der Waals surface area contributed by atoms with Gasteiger partial charge in [-0.25, -0.2) is 4.98 Å². The van der Waals surface area contributed by atoms with E-state index in [0.29, 0.717) is 24.8 Å². The number of nitrogens with zero attached hydrogens (tertiary/aromatic N) is 3. The third kappa shape index (κ3) is 3.35. The van der Waals surface area contributed by atoms with Crippen LogP contribution in [0.1, 0.15) is 42.4 Å². The molecular formula is C19H23N3O2. The van der Waals surface area contributed by atoms with Crippen LogP contribution in [0.2, 0.25) is 0 Å². The van der Waals surface area contributed by atoms with Crippen LogP contribution >= 0.6 is 0 Å². The molecule has 1 aliphatic heterocycles. The van der Waals surface area contributed by atoms with Gasteiger partial charge >= 0.3 is 0 Å². The maximum atomic E-state index is 12.6. The first kappa shape index (κ1) is 16.3. The molecule has 126 valence electrons. The van der Waals surface area contributed by atoms with Crippen molar-refractivity contribution in [2.24, 2.45) is 0 Å². The molecule has 0 saturated carbocycles. The molecule has 2 aromatic rings. The molecule has 0 atom stereocenters. The molecule has 5 nitrogen and oxygen atoms in total. The summed E-state index contributed by atoms with van der Waals surface area (Å²) in [4.78, 5) is 18.7. The number of carbonyl (C=O) groups excluding carboxylic acids is 1. The highest BCUT2D eigenvalue weighted by atomic mass is 16.5. The van der Waals surface area contributed by atoms with Crippen molar-refractivity contribution in [3.63, 3.8) is 0 Å². The van der Waals surface area contributed by atoms with Crippen molar-refractivity contribution in [2.75, 3.05) is 20.2 Å². The number of methoxy groups -OCH3 is 1. The highest BCUT2D eigenvalue weighted by Gasteiger charge is 2.21. The molecule has 24 heavy (non-hydrogen) atoms. The summed E-state index contributed by atoms with van der Waals surface area (Å²) in [5, 5.41) is 0. The minimum Gasteiger partial charge on any atom is -0.497 e. The number of aromatic nitrogens is 2. The molecular weight excluding hydrogens is 302 g/mol. The fourth-order valence-corrected chi connectivity index (χ4v) is 2.83. The van der Waals surface area contributed by atoms with E-state index in [2.05, 4.69) is 31.0 Å². The van der Waals surface area contributed by atoms with E-state index in [1.54, 1.807) is 13.4 Å². The topological polar surface area (TPSA) is 47.4 Å². The van der Waals surface area contributed by atoms with Gasteiger partial charge in [0.1, 0.15) is 11.4 Å². The molecule has 5 heteroatoms. The van der Waals surface area contributed by atoms with Crippen molar-refractivity contribution in [1.82, 2.24) is 14.5 Å². The molecule has 1 aromatic heterocycles. The Morgan fingerprint density at radius 2 is 2.17 bits per heavy atom. The predicted molar refractivity (Wildman–Crippen MR) is 94.1 cm³/mol. The monoisotopic (exact) mass is 325 g/mol. The first-order valence-corrected chi connectivity index (χ1v) is 8.24. The zero-order valence-corrected chi connectivity index (χ0v) is 14.4. The second-order valence-corrected chi connectivity index (χ2v) is 6.26. The first-order chi connectivity index (χ1) is 11.6. The van der Waals surface area contributed by atoms with Crippen LogP contribution in [0.3, 0.4) is 0 Å². The number of hydrogen-bond donors (Lipinski definition) is 0. The Kier molecular flexibility index (Phi) is 4.69. The smallest absolute Gasteiger partial charge is 0.274 e. The second-order valence-electron chi connectivity index (χ2n) is 6.26. The third-order valence-electron chi connectivity index (χ3n) is 4.35. The van der Waals surface area contributed by atoms with Gasteiger partial charge in [-0.1, -0.05) is 18.2 Å². The van der Waals surface area contributed by atoms with Gasteiger partial charge in [-0.15, -0.1) is 0 Å². The van der Waals surface area contributed by atoms with E-state index in [1.807, 2.05) is 33.9 Å². The van der Waals surface area contributed by atoms with Crippen LogP contribution in [-0.4, -0.2) is 40.6 Å². The maximum Gasteiger partial charge on any atom is 0.274 e. The summed E-state index contributed by atoms with van der Waals surface area (Å²) in [5.41, 5.74) is 2.93. The van der Waals surface area contributed by atoms with Gasteiger partial charge in [0.25, 0.3) is 5.91 Å². The molecule has 0 unspecified atom stereocenters. The number of imidazole rings is 1. The summed E-state index contributed by atoms with van der Waals surface area (Å²) in [5.74, 6) is 0.849. The lowest BCUT2D eigenvalue weighted by atomic mass is 9.99. The van der Waals surface area contributed by atoms with E-state index < -0.39 is 0 Å². The Hall–Kier alpha value is -2.56. The van der Waals surface area contributed by atoms with Gasteiger partial charge in [0.2, 0.25) is 0 Å². The Bertz CT molecular complexity index is 761. The van der Waals surface area contributed by atoms with Crippen molar-refractivity contribution in [1.29, 1.82) is 0 Å². The average Bonchev–Trinajstić information content (AvgIpc) is 3.12. The molecule has 0 saturated heterocycles. The molecule has 3 rings (SSSR count). The Balaban J connectivity index is 1.70. The number of rotatable bonds is 4. The normalized spacial score (nSPS) is 14.7. The van der Waals surface area contributed by atoms with E-state index in [-0.39, 0.29) is 5.91 Å². The summed E-state index contributed by atoms with van der Waals surface area (Å²) >= 11 is 0. The fourth-order valence-electron chi connectivity index (χ4n) is 2.83. The lowest BCUT2D eigenvalue weighted by Gasteiger charge is -2.26. The second kappa shape index (κ2) is 6.91. The largest absolute Gasteiger partial charge is 0.497 e. The molecule has 0 bridgehead atoms. The molecule has 1 amide bonds. The zero-order chi connectivity index (χ0) is 17.1. The lowest BCUT2D eigenvalue weighted by molar-refractivity contribution is 0.0767. The van der Waals surface area contributed by atoms with Gasteiger partial charge in [-0.05, 0) is 43.5 Å². The van der Waals surface area contributed by atoms with Crippen LogP contribution in [-0.2, 0) is 0 Å². The number of hydrogen-bond acceptors (Lipinski definition) is 3. The summed E-state index contributed by atoms with van der Waals surface area (Å²) in [6, 6.07) is 8.35. The zero-order valence-electron chi connectivity index (χ0n) is 14.4. The first-order valence-electron chi connectivity index (χ1n) is 8.24. The summed E-state index contributed by atoms with van der Waals surface area (Å²) < 4.78 is 7.24. The van der Waals surface area contributed by atoms with Crippen molar-refractivity contribution in [3.8, 4) is 5.75 Å². The van der Waals surface area contributed by atoms with Crippen LogP contribution < -0.4 is 4.74 Å². The lowest BCUT2D eigenvalue weighted by Crippen LogP contribution is -2.34. The number of carbonyl (C=O) groups is 1. The Morgan fingerprint density at radius 1 is 1.33 bits per heavy atom. The van der Waals surface area contributed by atoms with E-state index in [0.717, 1.165) is 17.7 Å². The maximum absolute atomic E-state index is 12.6. The number of ether oxygens (including phenoxy) is 1. The highest BCUT2D eigenvalue weighted by molar-refractivity contribution is 5.92. The Morgan fingerprint density at radius 3 is 2.79 bits per heavy atom. The van der Waals surface area contributed by atoms with E-state index >= 15 is 0 Å². The van der Waals surface area contributed by atoms with Gasteiger partial charge in [-0.3, -0.25) is 4.79 Å². The van der Waals surface area contributed by atoms with Crippen LogP contribution in [0.4, 0.5) is 0 Å². The van der Waals surface area contributed by atoms with Crippen molar-refractivity contribution in [3.05, 3.63) is 54.1 Å². The number of amides is 1. The minimum absolute atomic E-state index is 0.00431. The van der Waals surface area contributed by atoms with Gasteiger partial charge < -0.3 is 14.2 Å². The van der Waals surface area contributed by atoms with Gasteiger partial charge in [0.05, 0.1) is 13.4 Å². The van der Waals surface area contributed by atoms with Crippen LogP contribution in [0.25, 0.3) is 5.57 Å². The fraction of sp³-hybridized carbons (Fsp3) is 0.368. The molecule has 1 aromatic carbocycles. The predicted octanol–water partition coefficient (Wildman–Crippen LogP) is 3.40. The van der Waals surface area contributed by atoms with Crippen LogP contribution in [0, 0.1) is 0 Å². The Labute approximate surface area is 142 Å². The summed E-state index contributed by atoms with van der Waals surface area (Å²) in [6.07, 6.45) is 6.51. The van der Waals surface area contributed by atoms with Crippen molar-refractivity contribution >= 4 is 11.5 Å².